The maximum Gasteiger partial charge on any atom is 0.488 e. The zero-order chi connectivity index (χ0) is 13.0. The number of rotatable bonds is 5. The maximum atomic E-state index is 8.94. The van der Waals surface area contributed by atoms with Crippen molar-refractivity contribution in [2.75, 3.05) is 6.61 Å². The average Bonchev–Trinajstić information content (AvgIpc) is 2.76. The molecular formula is C12H15BN2O3. The molecule has 5 nitrogen and oxygen atoms in total. The summed E-state index contributed by atoms with van der Waals surface area (Å²) in [5, 5.41) is 22.0. The van der Waals surface area contributed by atoms with Crippen LogP contribution < -0.4 is 10.2 Å². The van der Waals surface area contributed by atoms with Crippen molar-refractivity contribution in [3.8, 4) is 5.75 Å². The number of aryl methyl sites for hydroxylation is 1. The lowest BCUT2D eigenvalue weighted by Gasteiger charge is -2.07. The van der Waals surface area contributed by atoms with Crippen molar-refractivity contribution in [2.45, 2.75) is 13.5 Å². The third-order valence-corrected chi connectivity index (χ3v) is 2.53. The molecule has 0 unspecified atom stereocenters. The topological polar surface area (TPSA) is 67.5 Å². The van der Waals surface area contributed by atoms with Gasteiger partial charge in [-0.3, -0.25) is 4.68 Å². The van der Waals surface area contributed by atoms with Gasteiger partial charge >= 0.3 is 7.12 Å². The minimum absolute atomic E-state index is 0.449. The minimum atomic E-state index is -1.44. The van der Waals surface area contributed by atoms with E-state index in [2.05, 4.69) is 5.10 Å². The Morgan fingerprint density at radius 2 is 2.00 bits per heavy atom. The molecule has 2 rings (SSSR count). The monoisotopic (exact) mass is 246 g/mol. The summed E-state index contributed by atoms with van der Waals surface area (Å²) < 4.78 is 7.35. The van der Waals surface area contributed by atoms with Crippen LogP contribution >= 0.6 is 0 Å². The van der Waals surface area contributed by atoms with E-state index in [0.717, 1.165) is 5.56 Å². The van der Waals surface area contributed by atoms with Crippen molar-refractivity contribution in [1.82, 2.24) is 9.78 Å². The fourth-order valence-electron chi connectivity index (χ4n) is 1.58. The first-order valence-electron chi connectivity index (χ1n) is 5.73. The predicted octanol–water partition coefficient (Wildman–Crippen LogP) is -0.0497. The molecule has 6 heteroatoms. The van der Waals surface area contributed by atoms with Crippen LogP contribution in [0.5, 0.6) is 5.75 Å². The van der Waals surface area contributed by atoms with Crippen molar-refractivity contribution < 1.29 is 14.8 Å². The Bertz CT molecular complexity index is 496. The van der Waals surface area contributed by atoms with E-state index < -0.39 is 7.12 Å². The van der Waals surface area contributed by atoms with E-state index in [1.54, 1.807) is 30.5 Å². The van der Waals surface area contributed by atoms with Crippen LogP contribution in [0.1, 0.15) is 5.56 Å². The summed E-state index contributed by atoms with van der Waals surface area (Å²) in [6.07, 6.45) is 3.76. The molecule has 0 atom stereocenters. The Balaban J connectivity index is 1.83. The van der Waals surface area contributed by atoms with Crippen LogP contribution in [0.15, 0.2) is 36.7 Å². The van der Waals surface area contributed by atoms with E-state index in [4.69, 9.17) is 14.8 Å². The van der Waals surface area contributed by atoms with Gasteiger partial charge < -0.3 is 14.8 Å². The van der Waals surface area contributed by atoms with Crippen LogP contribution in [-0.2, 0) is 6.54 Å². The van der Waals surface area contributed by atoms with Gasteiger partial charge in [-0.25, -0.2) is 0 Å². The molecule has 0 aliphatic heterocycles. The van der Waals surface area contributed by atoms with Crippen LogP contribution in [-0.4, -0.2) is 33.6 Å². The van der Waals surface area contributed by atoms with Gasteiger partial charge in [0.15, 0.2) is 0 Å². The Labute approximate surface area is 106 Å². The Kier molecular flexibility index (Phi) is 4.01. The molecular weight excluding hydrogens is 231 g/mol. The van der Waals surface area contributed by atoms with Crippen LogP contribution in [0, 0.1) is 6.92 Å². The molecule has 18 heavy (non-hydrogen) atoms. The Morgan fingerprint density at radius 1 is 1.28 bits per heavy atom. The minimum Gasteiger partial charge on any atom is -0.492 e. The standard InChI is InChI=1S/C12H15BN2O3/c1-10-8-14-15(9-10)6-7-18-12-4-2-11(3-5-12)13(16)17/h2-5,8-9,16-17H,6-7H2,1H3. The van der Waals surface area contributed by atoms with E-state index in [-0.39, 0.29) is 0 Å². The predicted molar refractivity (Wildman–Crippen MR) is 68.7 cm³/mol. The molecule has 0 saturated heterocycles. The molecule has 2 N–H and O–H groups in total. The second-order valence-electron chi connectivity index (χ2n) is 4.07. The third-order valence-electron chi connectivity index (χ3n) is 2.53. The zero-order valence-corrected chi connectivity index (χ0v) is 10.2. The van der Waals surface area contributed by atoms with Crippen molar-refractivity contribution in [3.63, 3.8) is 0 Å². The van der Waals surface area contributed by atoms with Crippen LogP contribution in [0.2, 0.25) is 0 Å². The average molecular weight is 246 g/mol. The Hall–Kier alpha value is -1.79. The lowest BCUT2D eigenvalue weighted by molar-refractivity contribution is 0.291. The van der Waals surface area contributed by atoms with Crippen molar-refractivity contribution >= 4 is 12.6 Å². The molecule has 1 heterocycles. The molecule has 0 aliphatic rings. The summed E-state index contributed by atoms with van der Waals surface area (Å²) in [4.78, 5) is 0. The number of hydrogen-bond acceptors (Lipinski definition) is 4. The van der Waals surface area contributed by atoms with Crippen LogP contribution in [0.25, 0.3) is 0 Å². The first-order valence-corrected chi connectivity index (χ1v) is 5.73. The normalized spacial score (nSPS) is 10.4. The van der Waals surface area contributed by atoms with Gasteiger partial charge in [0.1, 0.15) is 12.4 Å². The summed E-state index contributed by atoms with van der Waals surface area (Å²) in [5.74, 6) is 0.697. The molecule has 94 valence electrons. The summed E-state index contributed by atoms with van der Waals surface area (Å²) in [6.45, 7) is 3.18. The summed E-state index contributed by atoms with van der Waals surface area (Å²) in [5.41, 5.74) is 1.57. The summed E-state index contributed by atoms with van der Waals surface area (Å²) >= 11 is 0. The van der Waals surface area contributed by atoms with Crippen LogP contribution in [0.3, 0.4) is 0 Å². The van der Waals surface area contributed by atoms with E-state index >= 15 is 0 Å². The fourth-order valence-corrected chi connectivity index (χ4v) is 1.58. The molecule has 0 spiro atoms. The molecule has 0 aliphatic carbocycles. The van der Waals surface area contributed by atoms with Gasteiger partial charge in [-0.2, -0.15) is 5.10 Å². The molecule has 0 bridgehead atoms. The van der Waals surface area contributed by atoms with Gasteiger partial charge in [-0.15, -0.1) is 0 Å². The van der Waals surface area contributed by atoms with E-state index in [1.807, 2.05) is 17.8 Å². The molecule has 0 radical (unpaired) electrons. The van der Waals surface area contributed by atoms with E-state index in [0.29, 0.717) is 24.4 Å². The number of nitrogens with zero attached hydrogens (tertiary/aromatic N) is 2. The second-order valence-corrected chi connectivity index (χ2v) is 4.07. The molecule has 1 aromatic heterocycles. The SMILES string of the molecule is Cc1cnn(CCOc2ccc(B(O)O)cc2)c1. The van der Waals surface area contributed by atoms with Gasteiger partial charge in [-0.1, -0.05) is 12.1 Å². The first kappa shape index (κ1) is 12.7. The van der Waals surface area contributed by atoms with Crippen molar-refractivity contribution in [1.29, 1.82) is 0 Å². The van der Waals surface area contributed by atoms with Crippen LogP contribution in [0.4, 0.5) is 0 Å². The number of benzene rings is 1. The molecule has 1 aromatic carbocycles. The largest absolute Gasteiger partial charge is 0.492 e. The molecule has 0 saturated carbocycles. The first-order chi connectivity index (χ1) is 8.65. The van der Waals surface area contributed by atoms with Gasteiger partial charge in [-0.05, 0) is 30.1 Å². The molecule has 2 aromatic rings. The maximum absolute atomic E-state index is 8.94. The van der Waals surface area contributed by atoms with Gasteiger partial charge in [0.05, 0.1) is 12.7 Å². The Morgan fingerprint density at radius 3 is 2.56 bits per heavy atom. The van der Waals surface area contributed by atoms with Crippen molar-refractivity contribution in [2.24, 2.45) is 0 Å². The van der Waals surface area contributed by atoms with Gasteiger partial charge in [0, 0.05) is 6.20 Å². The number of aromatic nitrogens is 2. The zero-order valence-electron chi connectivity index (χ0n) is 10.2. The smallest absolute Gasteiger partial charge is 0.488 e. The molecule has 0 fully saturated rings. The number of hydrogen-bond donors (Lipinski definition) is 2. The summed E-state index contributed by atoms with van der Waals surface area (Å²) in [7, 11) is -1.44. The van der Waals surface area contributed by atoms with Gasteiger partial charge in [0.2, 0.25) is 0 Å². The lowest BCUT2D eigenvalue weighted by atomic mass is 9.80. The molecule has 0 amide bonds. The second kappa shape index (κ2) is 5.70. The number of ether oxygens (including phenoxy) is 1. The fraction of sp³-hybridized carbons (Fsp3) is 0.250. The highest BCUT2D eigenvalue weighted by atomic mass is 16.5. The highest BCUT2D eigenvalue weighted by Gasteiger charge is 2.09. The van der Waals surface area contributed by atoms with Crippen molar-refractivity contribution in [3.05, 3.63) is 42.2 Å². The summed E-state index contributed by atoms with van der Waals surface area (Å²) in [6, 6.07) is 6.67. The highest BCUT2D eigenvalue weighted by Crippen LogP contribution is 2.07. The lowest BCUT2D eigenvalue weighted by Crippen LogP contribution is -2.29. The third kappa shape index (κ3) is 3.35. The van der Waals surface area contributed by atoms with E-state index in [1.165, 1.54) is 0 Å². The van der Waals surface area contributed by atoms with Gasteiger partial charge in [0.25, 0.3) is 0 Å². The highest BCUT2D eigenvalue weighted by molar-refractivity contribution is 6.58. The quantitative estimate of drug-likeness (QED) is 0.726. The van der Waals surface area contributed by atoms with E-state index in [9.17, 15) is 0 Å².